The zero-order chi connectivity index (χ0) is 16.2. The highest BCUT2D eigenvalue weighted by molar-refractivity contribution is 7.89. The Morgan fingerprint density at radius 1 is 1.43 bits per heavy atom. The SMILES string of the molecule is CC(C)Cc1cc([N+](=O)[O-])ccc1S(=O)(=O)NCC(=O)O. The molecule has 0 fully saturated rings. The summed E-state index contributed by atoms with van der Waals surface area (Å²) in [5.41, 5.74) is 0.0833. The van der Waals surface area contributed by atoms with Crippen LogP contribution in [0.4, 0.5) is 5.69 Å². The number of benzene rings is 1. The number of hydrogen-bond donors (Lipinski definition) is 2. The normalized spacial score (nSPS) is 11.6. The Labute approximate surface area is 122 Å². The van der Waals surface area contributed by atoms with Crippen LogP contribution in [0.3, 0.4) is 0 Å². The summed E-state index contributed by atoms with van der Waals surface area (Å²) < 4.78 is 26.1. The van der Waals surface area contributed by atoms with Gasteiger partial charge in [0.1, 0.15) is 6.54 Å². The number of nitrogens with zero attached hydrogens (tertiary/aromatic N) is 1. The minimum Gasteiger partial charge on any atom is -0.480 e. The summed E-state index contributed by atoms with van der Waals surface area (Å²) >= 11 is 0. The second-order valence-corrected chi connectivity index (χ2v) is 6.60. The van der Waals surface area contributed by atoms with E-state index in [0.717, 1.165) is 12.1 Å². The first-order valence-electron chi connectivity index (χ1n) is 6.12. The van der Waals surface area contributed by atoms with Crippen molar-refractivity contribution < 1.29 is 23.2 Å². The number of carbonyl (C=O) groups is 1. The minimum absolute atomic E-state index is 0.0837. The predicted octanol–water partition coefficient (Wildman–Crippen LogP) is 1.16. The van der Waals surface area contributed by atoms with E-state index in [2.05, 4.69) is 0 Å². The summed E-state index contributed by atoms with van der Waals surface area (Å²) in [6.07, 6.45) is 0.324. The summed E-state index contributed by atoms with van der Waals surface area (Å²) in [4.78, 5) is 20.5. The smallest absolute Gasteiger partial charge is 0.318 e. The highest BCUT2D eigenvalue weighted by Crippen LogP contribution is 2.24. The first-order valence-corrected chi connectivity index (χ1v) is 7.60. The largest absolute Gasteiger partial charge is 0.480 e. The average Bonchev–Trinajstić information content (AvgIpc) is 2.35. The van der Waals surface area contributed by atoms with Crippen molar-refractivity contribution in [1.29, 1.82) is 0 Å². The number of nitrogens with one attached hydrogen (secondary N) is 1. The van der Waals surface area contributed by atoms with Crippen LogP contribution in [0.25, 0.3) is 0 Å². The second kappa shape index (κ2) is 6.64. The van der Waals surface area contributed by atoms with Crippen LogP contribution in [0.1, 0.15) is 19.4 Å². The first kappa shape index (κ1) is 17.1. The third-order valence-electron chi connectivity index (χ3n) is 2.59. The molecule has 0 bridgehead atoms. The average molecular weight is 316 g/mol. The molecule has 1 rings (SSSR count). The summed E-state index contributed by atoms with van der Waals surface area (Å²) in [5, 5.41) is 19.3. The molecule has 9 heteroatoms. The Morgan fingerprint density at radius 3 is 2.52 bits per heavy atom. The van der Waals surface area contributed by atoms with Crippen molar-refractivity contribution in [2.75, 3.05) is 6.54 Å². The molecule has 0 saturated carbocycles. The molecule has 8 nitrogen and oxygen atoms in total. The zero-order valence-corrected chi connectivity index (χ0v) is 12.4. The molecule has 0 heterocycles. The first-order chi connectivity index (χ1) is 9.63. The van der Waals surface area contributed by atoms with Gasteiger partial charge < -0.3 is 5.11 Å². The summed E-state index contributed by atoms with van der Waals surface area (Å²) in [6, 6.07) is 3.41. The van der Waals surface area contributed by atoms with Crippen LogP contribution in [0.5, 0.6) is 0 Å². The van der Waals surface area contributed by atoms with E-state index >= 15 is 0 Å². The van der Waals surface area contributed by atoms with Gasteiger partial charge in [-0.25, -0.2) is 8.42 Å². The summed E-state index contributed by atoms with van der Waals surface area (Å²) in [7, 11) is -4.03. The number of nitro groups is 1. The molecule has 0 aliphatic heterocycles. The van der Waals surface area contributed by atoms with E-state index in [4.69, 9.17) is 5.11 Å². The van der Waals surface area contributed by atoms with Gasteiger partial charge in [-0.2, -0.15) is 4.72 Å². The van der Waals surface area contributed by atoms with Crippen molar-refractivity contribution in [3.8, 4) is 0 Å². The van der Waals surface area contributed by atoms with E-state index in [1.165, 1.54) is 6.07 Å². The summed E-state index contributed by atoms with van der Waals surface area (Å²) in [6.45, 7) is 2.94. The Hall–Kier alpha value is -2.00. The Bertz CT molecular complexity index is 654. The van der Waals surface area contributed by atoms with Crippen molar-refractivity contribution in [3.63, 3.8) is 0 Å². The molecule has 0 aliphatic carbocycles. The molecule has 1 aromatic carbocycles. The fraction of sp³-hybridized carbons (Fsp3) is 0.417. The van der Waals surface area contributed by atoms with E-state index < -0.39 is 27.5 Å². The monoisotopic (exact) mass is 316 g/mol. The van der Waals surface area contributed by atoms with Crippen molar-refractivity contribution >= 4 is 21.7 Å². The predicted molar refractivity (Wildman–Crippen MR) is 74.5 cm³/mol. The molecule has 0 spiro atoms. The van der Waals surface area contributed by atoms with Crippen LogP contribution in [0, 0.1) is 16.0 Å². The van der Waals surface area contributed by atoms with Crippen molar-refractivity contribution in [1.82, 2.24) is 4.72 Å². The maximum Gasteiger partial charge on any atom is 0.318 e. The number of hydrogen-bond acceptors (Lipinski definition) is 5. The molecule has 0 amide bonds. The lowest BCUT2D eigenvalue weighted by molar-refractivity contribution is -0.385. The van der Waals surface area contributed by atoms with E-state index in [9.17, 15) is 23.3 Å². The Balaban J connectivity index is 3.27. The van der Waals surface area contributed by atoms with Gasteiger partial charge >= 0.3 is 5.97 Å². The lowest BCUT2D eigenvalue weighted by Crippen LogP contribution is -2.30. The third kappa shape index (κ3) is 4.80. The van der Waals surface area contributed by atoms with Crippen LogP contribution < -0.4 is 4.72 Å². The van der Waals surface area contributed by atoms with Crippen molar-refractivity contribution in [2.24, 2.45) is 5.92 Å². The minimum atomic E-state index is -4.03. The second-order valence-electron chi connectivity index (χ2n) is 4.87. The number of carboxylic acids is 1. The molecule has 1 aromatic rings. The van der Waals surface area contributed by atoms with E-state index in [1.807, 2.05) is 18.6 Å². The number of rotatable bonds is 7. The molecular weight excluding hydrogens is 300 g/mol. The number of aliphatic carboxylic acids is 1. The van der Waals surface area contributed by atoms with Gasteiger partial charge in [-0.1, -0.05) is 13.8 Å². The molecule has 0 aromatic heterocycles. The Morgan fingerprint density at radius 2 is 2.05 bits per heavy atom. The fourth-order valence-corrected chi connectivity index (χ4v) is 2.98. The molecule has 21 heavy (non-hydrogen) atoms. The van der Waals surface area contributed by atoms with Gasteiger partial charge in [0.15, 0.2) is 0 Å². The molecule has 0 radical (unpaired) electrons. The van der Waals surface area contributed by atoms with Gasteiger partial charge in [0.25, 0.3) is 5.69 Å². The van der Waals surface area contributed by atoms with Crippen molar-refractivity contribution in [2.45, 2.75) is 25.2 Å². The van der Waals surface area contributed by atoms with E-state index in [0.29, 0.717) is 6.42 Å². The van der Waals surface area contributed by atoms with Crippen LogP contribution in [0.2, 0.25) is 0 Å². The number of carboxylic acid groups (broad SMARTS) is 1. The van der Waals surface area contributed by atoms with Gasteiger partial charge in [0.05, 0.1) is 9.82 Å². The Kier molecular flexibility index (Phi) is 5.39. The van der Waals surface area contributed by atoms with E-state index in [1.54, 1.807) is 0 Å². The molecule has 0 saturated heterocycles. The lowest BCUT2D eigenvalue weighted by atomic mass is 10.0. The molecule has 2 N–H and O–H groups in total. The molecule has 116 valence electrons. The maximum absolute atomic E-state index is 12.1. The van der Waals surface area contributed by atoms with Gasteiger partial charge in [-0.3, -0.25) is 14.9 Å². The van der Waals surface area contributed by atoms with Crippen molar-refractivity contribution in [3.05, 3.63) is 33.9 Å². The number of sulfonamides is 1. The zero-order valence-electron chi connectivity index (χ0n) is 11.6. The highest BCUT2D eigenvalue weighted by Gasteiger charge is 2.22. The van der Waals surface area contributed by atoms with Gasteiger partial charge in [-0.15, -0.1) is 0 Å². The summed E-state index contributed by atoms with van der Waals surface area (Å²) in [5.74, 6) is -1.23. The molecule has 0 unspecified atom stereocenters. The number of non-ortho nitro benzene ring substituents is 1. The van der Waals surface area contributed by atoms with Gasteiger partial charge in [0.2, 0.25) is 10.0 Å². The molecular formula is C12H16N2O6S. The molecule has 0 aliphatic rings. The fourth-order valence-electron chi connectivity index (χ4n) is 1.78. The number of nitro benzene ring substituents is 1. The van der Waals surface area contributed by atoms with E-state index in [-0.39, 0.29) is 22.1 Å². The quantitative estimate of drug-likeness (QED) is 0.574. The maximum atomic E-state index is 12.1. The van der Waals surface area contributed by atoms with Crippen LogP contribution in [0.15, 0.2) is 23.1 Å². The van der Waals surface area contributed by atoms with Crippen LogP contribution >= 0.6 is 0 Å². The molecule has 0 atom stereocenters. The topological polar surface area (TPSA) is 127 Å². The van der Waals surface area contributed by atoms with Gasteiger partial charge in [-0.05, 0) is 24.0 Å². The van der Waals surface area contributed by atoms with Crippen LogP contribution in [-0.2, 0) is 21.2 Å². The van der Waals surface area contributed by atoms with Gasteiger partial charge in [0, 0.05) is 12.1 Å². The highest BCUT2D eigenvalue weighted by atomic mass is 32.2. The lowest BCUT2D eigenvalue weighted by Gasteiger charge is -2.12. The van der Waals surface area contributed by atoms with Crippen LogP contribution in [-0.4, -0.2) is 31.0 Å². The standard InChI is InChI=1S/C12H16N2O6S/c1-8(2)5-9-6-10(14(17)18)3-4-11(9)21(19,20)13-7-12(15)16/h3-4,6,8,13H,5,7H2,1-2H3,(H,15,16). The third-order valence-corrected chi connectivity index (χ3v) is 4.09.